The molecule has 1 saturated heterocycles. The summed E-state index contributed by atoms with van der Waals surface area (Å²) >= 11 is 0. The minimum Gasteiger partial charge on any atom is -0.339 e. The summed E-state index contributed by atoms with van der Waals surface area (Å²) in [6.07, 6.45) is 2.01. The predicted molar refractivity (Wildman–Crippen MR) is 137 cm³/mol. The topological polar surface area (TPSA) is 95.6 Å². The van der Waals surface area contributed by atoms with Gasteiger partial charge in [0.15, 0.2) is 0 Å². The lowest BCUT2D eigenvalue weighted by molar-refractivity contribution is 0.0791. The maximum Gasteiger partial charge on any atom is 0.261 e. The van der Waals surface area contributed by atoms with Gasteiger partial charge in [-0.15, -0.1) is 0 Å². The van der Waals surface area contributed by atoms with Crippen molar-refractivity contribution in [2.24, 2.45) is 0 Å². The Morgan fingerprint density at radius 2 is 1.54 bits per heavy atom. The molecule has 2 N–H and O–H groups in total. The van der Waals surface area contributed by atoms with Crippen LogP contribution in [0.25, 0.3) is 0 Å². The fourth-order valence-corrected chi connectivity index (χ4v) is 5.14. The molecule has 1 aliphatic heterocycles. The molecule has 0 spiro atoms. The SMILES string of the molecule is Cc1ccc(NS(=O)(=O)c2ccc(C(=O)Nc3cccc(C(=O)N4CCCC4)c3C)cc2)cc1C. The molecule has 182 valence electrons. The van der Waals surface area contributed by atoms with E-state index in [-0.39, 0.29) is 16.7 Å². The van der Waals surface area contributed by atoms with E-state index >= 15 is 0 Å². The zero-order valence-electron chi connectivity index (χ0n) is 20.1. The maximum atomic E-state index is 12.9. The second-order valence-electron chi connectivity index (χ2n) is 8.86. The van der Waals surface area contributed by atoms with E-state index in [2.05, 4.69) is 10.0 Å². The lowest BCUT2D eigenvalue weighted by Crippen LogP contribution is -2.28. The van der Waals surface area contributed by atoms with Gasteiger partial charge in [-0.05, 0) is 98.8 Å². The smallest absolute Gasteiger partial charge is 0.261 e. The van der Waals surface area contributed by atoms with E-state index in [9.17, 15) is 18.0 Å². The first kappa shape index (κ1) is 24.5. The van der Waals surface area contributed by atoms with E-state index in [1.54, 1.807) is 30.3 Å². The number of amides is 2. The van der Waals surface area contributed by atoms with Gasteiger partial charge in [-0.2, -0.15) is 0 Å². The molecular weight excluding hydrogens is 462 g/mol. The summed E-state index contributed by atoms with van der Waals surface area (Å²) in [4.78, 5) is 27.6. The van der Waals surface area contributed by atoms with Crippen molar-refractivity contribution in [3.05, 3.63) is 88.5 Å². The first-order chi connectivity index (χ1) is 16.7. The number of nitrogens with zero attached hydrogens (tertiary/aromatic N) is 1. The van der Waals surface area contributed by atoms with Crippen LogP contribution < -0.4 is 10.0 Å². The number of carbonyl (C=O) groups is 2. The number of benzene rings is 3. The molecule has 0 saturated carbocycles. The van der Waals surface area contributed by atoms with Gasteiger partial charge in [-0.25, -0.2) is 8.42 Å². The Morgan fingerprint density at radius 1 is 0.857 bits per heavy atom. The number of anilines is 2. The Labute approximate surface area is 206 Å². The van der Waals surface area contributed by atoms with Crippen molar-refractivity contribution < 1.29 is 18.0 Å². The minimum atomic E-state index is -3.80. The number of sulfonamides is 1. The van der Waals surface area contributed by atoms with Crippen LogP contribution in [0.5, 0.6) is 0 Å². The molecule has 0 aromatic heterocycles. The van der Waals surface area contributed by atoms with Crippen molar-refractivity contribution in [2.75, 3.05) is 23.1 Å². The van der Waals surface area contributed by atoms with Crippen molar-refractivity contribution in [3.8, 4) is 0 Å². The normalized spacial score (nSPS) is 13.5. The third kappa shape index (κ3) is 5.38. The van der Waals surface area contributed by atoms with Crippen LogP contribution in [0, 0.1) is 20.8 Å². The van der Waals surface area contributed by atoms with Gasteiger partial charge in [-0.1, -0.05) is 12.1 Å². The summed E-state index contributed by atoms with van der Waals surface area (Å²) < 4.78 is 28.1. The summed E-state index contributed by atoms with van der Waals surface area (Å²) in [5, 5.41) is 2.85. The zero-order valence-corrected chi connectivity index (χ0v) is 20.9. The van der Waals surface area contributed by atoms with Crippen molar-refractivity contribution in [1.82, 2.24) is 4.90 Å². The van der Waals surface area contributed by atoms with Crippen LogP contribution in [0.3, 0.4) is 0 Å². The first-order valence-electron chi connectivity index (χ1n) is 11.6. The van der Waals surface area contributed by atoms with Crippen LogP contribution in [0.15, 0.2) is 65.6 Å². The fraction of sp³-hybridized carbons (Fsp3) is 0.259. The van der Waals surface area contributed by atoms with E-state index in [4.69, 9.17) is 0 Å². The third-order valence-electron chi connectivity index (χ3n) is 6.39. The van der Waals surface area contributed by atoms with E-state index in [0.717, 1.165) is 37.1 Å². The molecule has 7 nitrogen and oxygen atoms in total. The second kappa shape index (κ2) is 9.92. The molecule has 1 aliphatic rings. The summed E-state index contributed by atoms with van der Waals surface area (Å²) in [5.74, 6) is -0.410. The monoisotopic (exact) mass is 491 g/mol. The molecule has 0 radical (unpaired) electrons. The molecule has 0 unspecified atom stereocenters. The first-order valence-corrected chi connectivity index (χ1v) is 13.0. The lowest BCUT2D eigenvalue weighted by atomic mass is 10.0. The molecule has 35 heavy (non-hydrogen) atoms. The van der Waals surface area contributed by atoms with Crippen LogP contribution >= 0.6 is 0 Å². The number of likely N-dealkylation sites (tertiary alicyclic amines) is 1. The molecule has 0 atom stereocenters. The molecule has 3 aromatic rings. The average molecular weight is 492 g/mol. The third-order valence-corrected chi connectivity index (χ3v) is 7.79. The lowest BCUT2D eigenvalue weighted by Gasteiger charge is -2.18. The van der Waals surface area contributed by atoms with Gasteiger partial charge in [-0.3, -0.25) is 14.3 Å². The molecule has 0 aliphatic carbocycles. The van der Waals surface area contributed by atoms with Gasteiger partial charge in [0.1, 0.15) is 0 Å². The van der Waals surface area contributed by atoms with E-state index in [1.807, 2.05) is 31.7 Å². The summed E-state index contributed by atoms with van der Waals surface area (Å²) in [7, 11) is -3.80. The van der Waals surface area contributed by atoms with E-state index < -0.39 is 10.0 Å². The van der Waals surface area contributed by atoms with Crippen molar-refractivity contribution in [1.29, 1.82) is 0 Å². The van der Waals surface area contributed by atoms with E-state index in [1.165, 1.54) is 24.3 Å². The molecule has 8 heteroatoms. The Bertz CT molecular complexity index is 1380. The summed E-state index contributed by atoms with van der Waals surface area (Å²) in [6.45, 7) is 7.19. The summed E-state index contributed by atoms with van der Waals surface area (Å²) in [6, 6.07) is 16.4. The number of hydrogen-bond acceptors (Lipinski definition) is 4. The van der Waals surface area contributed by atoms with Gasteiger partial charge in [0.05, 0.1) is 4.90 Å². The minimum absolute atomic E-state index is 0.0260. The highest BCUT2D eigenvalue weighted by Crippen LogP contribution is 2.24. The number of hydrogen-bond donors (Lipinski definition) is 2. The Kier molecular flexibility index (Phi) is 6.93. The fourth-order valence-electron chi connectivity index (χ4n) is 4.09. The van der Waals surface area contributed by atoms with Crippen LogP contribution in [-0.2, 0) is 10.0 Å². The van der Waals surface area contributed by atoms with Gasteiger partial charge >= 0.3 is 0 Å². The number of nitrogens with one attached hydrogen (secondary N) is 2. The highest BCUT2D eigenvalue weighted by Gasteiger charge is 2.22. The van der Waals surface area contributed by atoms with Crippen LogP contribution in [-0.4, -0.2) is 38.2 Å². The van der Waals surface area contributed by atoms with E-state index in [0.29, 0.717) is 28.1 Å². The largest absolute Gasteiger partial charge is 0.339 e. The number of aryl methyl sites for hydroxylation is 2. The molecule has 4 rings (SSSR count). The summed E-state index contributed by atoms with van der Waals surface area (Å²) in [5.41, 5.74) is 4.68. The average Bonchev–Trinajstić information content (AvgIpc) is 3.37. The molecule has 1 heterocycles. The maximum absolute atomic E-state index is 12.9. The van der Waals surface area contributed by atoms with Crippen molar-refractivity contribution in [2.45, 2.75) is 38.5 Å². The molecular formula is C27H29N3O4S. The van der Waals surface area contributed by atoms with Crippen molar-refractivity contribution >= 4 is 33.2 Å². The Balaban J connectivity index is 1.48. The van der Waals surface area contributed by atoms with Crippen molar-refractivity contribution in [3.63, 3.8) is 0 Å². The van der Waals surface area contributed by atoms with Crippen LogP contribution in [0.1, 0.15) is 50.2 Å². The highest BCUT2D eigenvalue weighted by molar-refractivity contribution is 7.92. The van der Waals surface area contributed by atoms with Crippen LogP contribution in [0.4, 0.5) is 11.4 Å². The van der Waals surface area contributed by atoms with Gasteiger partial charge in [0.25, 0.3) is 21.8 Å². The number of carbonyl (C=O) groups excluding carboxylic acids is 2. The zero-order chi connectivity index (χ0) is 25.2. The molecule has 1 fully saturated rings. The standard InChI is InChI=1S/C27H29N3O4S/c1-18-9-12-22(17-19(18)2)29-35(33,34)23-13-10-21(11-14-23)26(31)28-25-8-6-7-24(20(25)3)27(32)30-15-4-5-16-30/h6-14,17,29H,4-5,15-16H2,1-3H3,(H,28,31). The van der Waals surface area contributed by atoms with Gasteiger partial charge in [0.2, 0.25) is 0 Å². The Hall–Kier alpha value is -3.65. The predicted octanol–water partition coefficient (Wildman–Crippen LogP) is 4.90. The molecule has 0 bridgehead atoms. The quantitative estimate of drug-likeness (QED) is 0.513. The second-order valence-corrected chi connectivity index (χ2v) is 10.5. The highest BCUT2D eigenvalue weighted by atomic mass is 32.2. The van der Waals surface area contributed by atoms with Gasteiger partial charge < -0.3 is 10.2 Å². The number of rotatable bonds is 6. The van der Waals surface area contributed by atoms with Gasteiger partial charge in [0, 0.05) is 35.6 Å². The van der Waals surface area contributed by atoms with Crippen LogP contribution in [0.2, 0.25) is 0 Å². The molecule has 3 aromatic carbocycles. The Morgan fingerprint density at radius 3 is 2.20 bits per heavy atom. The molecule has 2 amide bonds.